The molecule has 6 heteroatoms. The summed E-state index contributed by atoms with van der Waals surface area (Å²) in [5, 5.41) is 28.1. The van der Waals surface area contributed by atoms with Crippen LogP contribution in [0.4, 0.5) is 0 Å². The molecule has 0 spiro atoms. The second-order valence-corrected chi connectivity index (χ2v) is 4.60. The third-order valence-electron chi connectivity index (χ3n) is 3.26. The van der Waals surface area contributed by atoms with E-state index < -0.39 is 5.97 Å². The Labute approximate surface area is 125 Å². The number of hydrogen-bond donors (Lipinski definition) is 2. The molecule has 0 atom stereocenters. The van der Waals surface area contributed by atoms with Gasteiger partial charge in [-0.1, -0.05) is 36.4 Å². The van der Waals surface area contributed by atoms with Crippen LogP contribution >= 0.6 is 0 Å². The van der Waals surface area contributed by atoms with Gasteiger partial charge in [0, 0.05) is 5.56 Å². The molecular formula is C16H10N4O2. The van der Waals surface area contributed by atoms with Gasteiger partial charge in [-0.05, 0) is 23.3 Å². The number of H-pyrrole nitrogens is 1. The fraction of sp³-hybridized carbons (Fsp3) is 0. The van der Waals surface area contributed by atoms with Gasteiger partial charge in [0.25, 0.3) is 0 Å². The van der Waals surface area contributed by atoms with Crippen LogP contribution in [0.2, 0.25) is 0 Å². The van der Waals surface area contributed by atoms with Crippen LogP contribution in [0.5, 0.6) is 0 Å². The largest absolute Gasteiger partial charge is 0.478 e. The lowest BCUT2D eigenvalue weighted by atomic mass is 10.0. The minimum atomic E-state index is -0.959. The number of nitrogens with zero attached hydrogens (tertiary/aromatic N) is 3. The van der Waals surface area contributed by atoms with Gasteiger partial charge in [-0.3, -0.25) is 0 Å². The summed E-state index contributed by atoms with van der Waals surface area (Å²) in [4.78, 5) is 11.0. The summed E-state index contributed by atoms with van der Waals surface area (Å²) in [6.07, 6.45) is 0. The third kappa shape index (κ3) is 2.43. The number of aromatic nitrogens is 3. The number of nitrogens with one attached hydrogen (secondary N) is 1. The van der Waals surface area contributed by atoms with Crippen LogP contribution in [0, 0.1) is 11.3 Å². The molecule has 0 aliphatic rings. The number of carbonyl (C=O) groups is 1. The van der Waals surface area contributed by atoms with Crippen LogP contribution < -0.4 is 0 Å². The monoisotopic (exact) mass is 290 g/mol. The fourth-order valence-corrected chi connectivity index (χ4v) is 2.16. The van der Waals surface area contributed by atoms with Crippen molar-refractivity contribution < 1.29 is 9.90 Å². The number of carboxylic acid groups (broad SMARTS) is 1. The van der Waals surface area contributed by atoms with E-state index in [2.05, 4.69) is 15.4 Å². The topological polar surface area (TPSA) is 103 Å². The Morgan fingerprint density at radius 1 is 1.05 bits per heavy atom. The lowest BCUT2D eigenvalue weighted by Crippen LogP contribution is -1.95. The van der Waals surface area contributed by atoms with Gasteiger partial charge < -0.3 is 5.11 Å². The second kappa shape index (κ2) is 5.50. The molecule has 0 radical (unpaired) electrons. The fourth-order valence-electron chi connectivity index (χ4n) is 2.16. The van der Waals surface area contributed by atoms with Crippen molar-refractivity contribution in [2.24, 2.45) is 0 Å². The summed E-state index contributed by atoms with van der Waals surface area (Å²) in [5.74, 6) is -0.959. The molecular weight excluding hydrogens is 280 g/mol. The van der Waals surface area contributed by atoms with Gasteiger partial charge in [0.2, 0.25) is 0 Å². The van der Waals surface area contributed by atoms with Crippen LogP contribution in [0.15, 0.2) is 48.5 Å². The van der Waals surface area contributed by atoms with Crippen molar-refractivity contribution in [2.75, 3.05) is 0 Å². The van der Waals surface area contributed by atoms with Crippen LogP contribution in [0.25, 0.3) is 22.4 Å². The zero-order valence-corrected chi connectivity index (χ0v) is 11.3. The normalized spacial score (nSPS) is 10.1. The maximum atomic E-state index is 11.0. The van der Waals surface area contributed by atoms with Crippen LogP contribution in [-0.2, 0) is 0 Å². The number of aromatic amines is 1. The highest BCUT2D eigenvalue weighted by molar-refractivity contribution is 5.89. The van der Waals surface area contributed by atoms with E-state index >= 15 is 0 Å². The van der Waals surface area contributed by atoms with E-state index in [4.69, 9.17) is 10.4 Å². The highest BCUT2D eigenvalue weighted by Crippen LogP contribution is 2.25. The van der Waals surface area contributed by atoms with Gasteiger partial charge in [-0.25, -0.2) is 4.79 Å². The highest BCUT2D eigenvalue weighted by atomic mass is 16.4. The molecule has 0 aliphatic carbocycles. The van der Waals surface area contributed by atoms with Gasteiger partial charge in [-0.15, -0.1) is 5.10 Å². The predicted octanol–water partition coefficient (Wildman–Crippen LogP) is 2.71. The second-order valence-electron chi connectivity index (χ2n) is 4.60. The third-order valence-corrected chi connectivity index (χ3v) is 3.26. The predicted molar refractivity (Wildman–Crippen MR) is 78.9 cm³/mol. The molecule has 1 aromatic heterocycles. The van der Waals surface area contributed by atoms with Crippen molar-refractivity contribution in [1.82, 2.24) is 15.4 Å². The molecule has 22 heavy (non-hydrogen) atoms. The van der Waals surface area contributed by atoms with E-state index in [1.807, 2.05) is 36.4 Å². The summed E-state index contributed by atoms with van der Waals surface area (Å²) in [7, 11) is 0. The SMILES string of the molecule is N#Cc1n[nH]nc1-c1ccc(-c2cccc(C(=O)O)c2)cc1. The van der Waals surface area contributed by atoms with Crippen molar-refractivity contribution in [2.45, 2.75) is 0 Å². The minimum absolute atomic E-state index is 0.237. The minimum Gasteiger partial charge on any atom is -0.478 e. The Morgan fingerprint density at radius 3 is 2.45 bits per heavy atom. The summed E-state index contributed by atoms with van der Waals surface area (Å²) in [5.41, 5.74) is 3.43. The first kappa shape index (κ1) is 13.5. The van der Waals surface area contributed by atoms with Gasteiger partial charge in [0.15, 0.2) is 5.69 Å². The first-order chi connectivity index (χ1) is 10.7. The van der Waals surface area contributed by atoms with E-state index in [9.17, 15) is 4.79 Å². The highest BCUT2D eigenvalue weighted by Gasteiger charge is 2.10. The summed E-state index contributed by atoms with van der Waals surface area (Å²) in [6, 6.07) is 16.0. The maximum Gasteiger partial charge on any atom is 0.335 e. The van der Waals surface area contributed by atoms with Crippen molar-refractivity contribution in [3.8, 4) is 28.5 Å². The van der Waals surface area contributed by atoms with E-state index in [1.165, 1.54) is 0 Å². The summed E-state index contributed by atoms with van der Waals surface area (Å²) in [6.45, 7) is 0. The lowest BCUT2D eigenvalue weighted by molar-refractivity contribution is 0.0697. The molecule has 1 heterocycles. The molecule has 0 saturated carbocycles. The van der Waals surface area contributed by atoms with Gasteiger partial charge >= 0.3 is 5.97 Å². The van der Waals surface area contributed by atoms with Crippen molar-refractivity contribution in [3.63, 3.8) is 0 Å². The Balaban J connectivity index is 1.97. The summed E-state index contributed by atoms with van der Waals surface area (Å²) >= 11 is 0. The van der Waals surface area contributed by atoms with Gasteiger partial charge in [0.1, 0.15) is 11.8 Å². The first-order valence-electron chi connectivity index (χ1n) is 6.44. The number of aromatic carboxylic acids is 1. The molecule has 0 saturated heterocycles. The Kier molecular flexibility index (Phi) is 3.38. The number of carboxylic acids is 1. The average molecular weight is 290 g/mol. The molecule has 2 N–H and O–H groups in total. The Bertz CT molecular complexity index is 876. The van der Waals surface area contributed by atoms with Crippen LogP contribution in [0.1, 0.15) is 16.1 Å². The maximum absolute atomic E-state index is 11.0. The first-order valence-corrected chi connectivity index (χ1v) is 6.44. The zero-order valence-electron chi connectivity index (χ0n) is 11.3. The van der Waals surface area contributed by atoms with E-state index in [-0.39, 0.29) is 11.3 Å². The molecule has 106 valence electrons. The van der Waals surface area contributed by atoms with Crippen molar-refractivity contribution in [1.29, 1.82) is 5.26 Å². The van der Waals surface area contributed by atoms with Crippen LogP contribution in [0.3, 0.4) is 0 Å². The van der Waals surface area contributed by atoms with Crippen molar-refractivity contribution >= 4 is 5.97 Å². The molecule has 0 amide bonds. The van der Waals surface area contributed by atoms with E-state index in [0.717, 1.165) is 16.7 Å². The van der Waals surface area contributed by atoms with Gasteiger partial charge in [0.05, 0.1) is 5.56 Å². The molecule has 0 fully saturated rings. The lowest BCUT2D eigenvalue weighted by Gasteiger charge is -2.04. The molecule has 6 nitrogen and oxygen atoms in total. The number of hydrogen-bond acceptors (Lipinski definition) is 4. The molecule has 0 aliphatic heterocycles. The Morgan fingerprint density at radius 2 is 1.77 bits per heavy atom. The number of nitriles is 1. The number of rotatable bonds is 3. The summed E-state index contributed by atoms with van der Waals surface area (Å²) < 4.78 is 0. The molecule has 0 bridgehead atoms. The molecule has 2 aromatic carbocycles. The quantitative estimate of drug-likeness (QED) is 0.772. The number of benzene rings is 2. The molecule has 0 unspecified atom stereocenters. The van der Waals surface area contributed by atoms with Gasteiger partial charge in [-0.2, -0.15) is 15.6 Å². The van der Waals surface area contributed by atoms with Crippen molar-refractivity contribution in [3.05, 3.63) is 59.8 Å². The van der Waals surface area contributed by atoms with E-state index in [0.29, 0.717) is 5.69 Å². The molecule has 3 aromatic rings. The van der Waals surface area contributed by atoms with Crippen LogP contribution in [-0.4, -0.2) is 26.5 Å². The molecule has 3 rings (SSSR count). The van der Waals surface area contributed by atoms with E-state index in [1.54, 1.807) is 18.2 Å². The smallest absolute Gasteiger partial charge is 0.335 e. The Hall–Kier alpha value is -3.46. The standard InChI is InChI=1S/C16H10N4O2/c17-9-14-15(19-20-18-14)11-6-4-10(5-7-11)12-2-1-3-13(8-12)16(21)22/h1-8H,(H,21,22)(H,18,19,20). The zero-order chi connectivity index (χ0) is 15.5. The average Bonchev–Trinajstić information content (AvgIpc) is 3.04.